The number of ether oxygens (including phenoxy) is 3. The molecule has 1 aromatic heterocycles. The molecule has 1 aromatic carbocycles. The summed E-state index contributed by atoms with van der Waals surface area (Å²) in [5.41, 5.74) is 0.670. The Morgan fingerprint density at radius 2 is 2.00 bits per heavy atom. The maximum absolute atomic E-state index is 14.5. The van der Waals surface area contributed by atoms with E-state index in [1.54, 1.807) is 17.0 Å². The minimum Gasteiger partial charge on any atom is -0.467 e. The third-order valence-electron chi connectivity index (χ3n) is 4.24. The van der Waals surface area contributed by atoms with Crippen molar-refractivity contribution in [2.24, 2.45) is 0 Å². The molecule has 0 spiro atoms. The highest BCUT2D eigenvalue weighted by atomic mass is 35.5. The van der Waals surface area contributed by atoms with Crippen molar-refractivity contribution in [3.05, 3.63) is 40.8 Å². The van der Waals surface area contributed by atoms with Gasteiger partial charge in [0.1, 0.15) is 17.2 Å². The van der Waals surface area contributed by atoms with E-state index in [1.807, 2.05) is 20.8 Å². The largest absolute Gasteiger partial charge is 0.467 e. The van der Waals surface area contributed by atoms with Crippen molar-refractivity contribution in [3.63, 3.8) is 0 Å². The van der Waals surface area contributed by atoms with Crippen molar-refractivity contribution < 1.29 is 23.4 Å². The van der Waals surface area contributed by atoms with Gasteiger partial charge in [0.2, 0.25) is 0 Å². The maximum atomic E-state index is 14.5. The molecule has 0 unspecified atom stereocenters. The van der Waals surface area contributed by atoms with Crippen LogP contribution in [0.3, 0.4) is 0 Å². The Balaban J connectivity index is 1.71. The van der Waals surface area contributed by atoms with E-state index in [0.717, 1.165) is 5.69 Å². The van der Waals surface area contributed by atoms with Gasteiger partial charge in [-0.25, -0.2) is 9.18 Å². The molecule has 2 heterocycles. The van der Waals surface area contributed by atoms with Gasteiger partial charge in [0.15, 0.2) is 6.79 Å². The third kappa shape index (κ3) is 5.13. The summed E-state index contributed by atoms with van der Waals surface area (Å²) in [4.78, 5) is 13.6. The van der Waals surface area contributed by atoms with Crippen LogP contribution in [0.15, 0.2) is 24.3 Å². The Hall–Kier alpha value is -2.45. The summed E-state index contributed by atoms with van der Waals surface area (Å²) < 4.78 is 30.2. The molecule has 1 aliphatic rings. The number of amides is 1. The number of aromatic nitrogens is 2. The van der Waals surface area contributed by atoms with E-state index in [2.05, 4.69) is 10.2 Å². The molecular weight excluding hydrogens is 401 g/mol. The minimum absolute atomic E-state index is 0.0547. The van der Waals surface area contributed by atoms with Gasteiger partial charge in [-0.15, -0.1) is 5.10 Å². The molecule has 7 nitrogen and oxygen atoms in total. The highest BCUT2D eigenvalue weighted by Gasteiger charge is 2.35. The predicted molar refractivity (Wildman–Crippen MR) is 105 cm³/mol. The van der Waals surface area contributed by atoms with Gasteiger partial charge < -0.3 is 19.1 Å². The first-order valence-electron chi connectivity index (χ1n) is 9.10. The van der Waals surface area contributed by atoms with Crippen LogP contribution < -0.4 is 4.74 Å². The van der Waals surface area contributed by atoms with Gasteiger partial charge in [0.05, 0.1) is 17.0 Å². The molecular formula is C20H23ClFN3O4. The summed E-state index contributed by atoms with van der Waals surface area (Å²) in [5, 5.41) is 8.57. The molecule has 0 atom stereocenters. The second kappa shape index (κ2) is 8.51. The fourth-order valence-corrected chi connectivity index (χ4v) is 3.06. The van der Waals surface area contributed by atoms with Crippen LogP contribution in [-0.2, 0) is 9.47 Å². The van der Waals surface area contributed by atoms with E-state index < -0.39 is 11.4 Å². The molecule has 29 heavy (non-hydrogen) atoms. The van der Waals surface area contributed by atoms with Crippen LogP contribution in [0.4, 0.5) is 9.18 Å². The van der Waals surface area contributed by atoms with Crippen molar-refractivity contribution in [1.29, 1.82) is 0 Å². The standard InChI is InChI=1S/C20H23ClFN3O4/c1-20(2,3)29-19(26)25-9-12(10-25)15-5-6-16(24-23-15)18-14(22)7-13(21)8-17(18)28-11-27-4/h5-8,12H,9-11H2,1-4H3. The van der Waals surface area contributed by atoms with Gasteiger partial charge in [-0.2, -0.15) is 5.10 Å². The van der Waals surface area contributed by atoms with Crippen molar-refractivity contribution in [1.82, 2.24) is 15.1 Å². The van der Waals surface area contributed by atoms with Gasteiger partial charge in [-0.1, -0.05) is 11.6 Å². The molecule has 3 rings (SSSR count). The second-order valence-corrected chi connectivity index (χ2v) is 8.17. The third-order valence-corrected chi connectivity index (χ3v) is 4.46. The Labute approximate surface area is 173 Å². The van der Waals surface area contributed by atoms with E-state index in [1.165, 1.54) is 19.2 Å². The first kappa shape index (κ1) is 21.3. The monoisotopic (exact) mass is 423 g/mol. The number of methoxy groups -OCH3 is 1. The van der Waals surface area contributed by atoms with E-state index in [9.17, 15) is 9.18 Å². The molecule has 1 aliphatic heterocycles. The zero-order valence-electron chi connectivity index (χ0n) is 16.7. The lowest BCUT2D eigenvalue weighted by molar-refractivity contribution is 0.00780. The number of benzene rings is 1. The lowest BCUT2D eigenvalue weighted by atomic mass is 9.96. The number of likely N-dealkylation sites (tertiary alicyclic amines) is 1. The fourth-order valence-electron chi connectivity index (χ4n) is 2.87. The molecule has 2 aromatic rings. The summed E-state index contributed by atoms with van der Waals surface area (Å²) in [5.74, 6) is -0.285. The lowest BCUT2D eigenvalue weighted by Crippen LogP contribution is -2.50. The quantitative estimate of drug-likeness (QED) is 0.669. The topological polar surface area (TPSA) is 73.8 Å². The number of rotatable bonds is 5. The average Bonchev–Trinajstić information content (AvgIpc) is 2.57. The van der Waals surface area contributed by atoms with E-state index >= 15 is 0 Å². The number of halogens is 2. The zero-order valence-corrected chi connectivity index (χ0v) is 17.5. The molecule has 0 radical (unpaired) electrons. The molecule has 0 aliphatic carbocycles. The van der Waals surface area contributed by atoms with Crippen LogP contribution in [0.5, 0.6) is 5.75 Å². The van der Waals surface area contributed by atoms with E-state index in [0.29, 0.717) is 18.8 Å². The number of carbonyl (C=O) groups is 1. The van der Waals surface area contributed by atoms with Crippen LogP contribution in [0.1, 0.15) is 32.4 Å². The Bertz CT molecular complexity index is 881. The lowest BCUT2D eigenvalue weighted by Gasteiger charge is -2.39. The van der Waals surface area contributed by atoms with Crippen LogP contribution in [0, 0.1) is 5.82 Å². The Morgan fingerprint density at radius 3 is 2.59 bits per heavy atom. The van der Waals surface area contributed by atoms with Crippen LogP contribution in [0.2, 0.25) is 5.02 Å². The van der Waals surface area contributed by atoms with Gasteiger partial charge >= 0.3 is 6.09 Å². The minimum atomic E-state index is -0.564. The molecule has 156 valence electrons. The highest BCUT2D eigenvalue weighted by Crippen LogP contribution is 2.35. The summed E-state index contributed by atoms with van der Waals surface area (Å²) in [6, 6.07) is 6.13. The zero-order chi connectivity index (χ0) is 21.2. The molecule has 0 saturated carbocycles. The van der Waals surface area contributed by atoms with Crippen LogP contribution >= 0.6 is 11.6 Å². The molecule has 1 fully saturated rings. The van der Waals surface area contributed by atoms with Crippen LogP contribution in [0.25, 0.3) is 11.3 Å². The second-order valence-electron chi connectivity index (χ2n) is 7.74. The summed E-state index contributed by atoms with van der Waals surface area (Å²) >= 11 is 5.92. The summed E-state index contributed by atoms with van der Waals surface area (Å²) in [7, 11) is 1.47. The molecule has 0 bridgehead atoms. The van der Waals surface area contributed by atoms with Gasteiger partial charge in [0, 0.05) is 31.1 Å². The van der Waals surface area contributed by atoms with Crippen molar-refractivity contribution in [3.8, 4) is 17.0 Å². The average molecular weight is 424 g/mol. The van der Waals surface area contributed by atoms with Crippen LogP contribution in [-0.4, -0.2) is 53.8 Å². The molecule has 1 saturated heterocycles. The normalized spacial score (nSPS) is 14.5. The van der Waals surface area contributed by atoms with Gasteiger partial charge in [0.25, 0.3) is 0 Å². The molecule has 9 heteroatoms. The number of hydrogen-bond acceptors (Lipinski definition) is 6. The molecule has 0 N–H and O–H groups in total. The van der Waals surface area contributed by atoms with Crippen molar-refractivity contribution >= 4 is 17.7 Å². The first-order chi connectivity index (χ1) is 13.7. The number of nitrogens with zero attached hydrogens (tertiary/aromatic N) is 3. The SMILES string of the molecule is COCOc1cc(Cl)cc(F)c1-c1ccc(C2CN(C(=O)OC(C)(C)C)C2)nn1. The van der Waals surface area contributed by atoms with E-state index in [4.69, 9.17) is 25.8 Å². The molecule has 1 amide bonds. The maximum Gasteiger partial charge on any atom is 0.410 e. The van der Waals surface area contributed by atoms with Gasteiger partial charge in [-0.05, 0) is 45.0 Å². The Kier molecular flexibility index (Phi) is 6.24. The summed E-state index contributed by atoms with van der Waals surface area (Å²) in [6.07, 6.45) is -0.346. The van der Waals surface area contributed by atoms with Gasteiger partial charge in [-0.3, -0.25) is 0 Å². The highest BCUT2D eigenvalue weighted by molar-refractivity contribution is 6.30. The summed E-state index contributed by atoms with van der Waals surface area (Å²) in [6.45, 7) is 6.42. The Morgan fingerprint density at radius 1 is 1.28 bits per heavy atom. The number of hydrogen-bond donors (Lipinski definition) is 0. The fraction of sp³-hybridized carbons (Fsp3) is 0.450. The number of carbonyl (C=O) groups excluding carboxylic acids is 1. The van der Waals surface area contributed by atoms with E-state index in [-0.39, 0.29) is 35.1 Å². The predicted octanol–water partition coefficient (Wildman–Crippen LogP) is 4.25. The van der Waals surface area contributed by atoms with Crippen molar-refractivity contribution in [2.45, 2.75) is 32.3 Å². The smallest absolute Gasteiger partial charge is 0.410 e. The van der Waals surface area contributed by atoms with Crippen molar-refractivity contribution in [2.75, 3.05) is 27.0 Å². The first-order valence-corrected chi connectivity index (χ1v) is 9.48.